The van der Waals surface area contributed by atoms with Crippen molar-refractivity contribution in [2.24, 2.45) is 23.7 Å². The molecule has 1 aromatic heterocycles. The number of benzene rings is 1. The highest BCUT2D eigenvalue weighted by atomic mass is 16.2. The average Bonchev–Trinajstić information content (AvgIpc) is 3.14. The number of para-hydroxylation sites is 1. The Morgan fingerprint density at radius 3 is 2.09 bits per heavy atom. The van der Waals surface area contributed by atoms with E-state index in [1.807, 2.05) is 6.07 Å². The van der Waals surface area contributed by atoms with Crippen LogP contribution in [0.25, 0.3) is 10.9 Å². The van der Waals surface area contributed by atoms with Gasteiger partial charge in [0, 0.05) is 38.1 Å². The lowest BCUT2D eigenvalue weighted by atomic mass is 9.59. The highest BCUT2D eigenvalue weighted by Gasteiger charge is 2.57. The molecule has 2 amide bonds. The summed E-state index contributed by atoms with van der Waals surface area (Å²) in [5, 5.41) is 1.18. The molecule has 0 unspecified atom stereocenters. The second-order valence-corrected chi connectivity index (χ2v) is 10.5. The van der Waals surface area contributed by atoms with E-state index in [0.29, 0.717) is 18.4 Å². The summed E-state index contributed by atoms with van der Waals surface area (Å²) in [7, 11) is 0. The Morgan fingerprint density at radius 2 is 1.39 bits per heavy atom. The summed E-state index contributed by atoms with van der Waals surface area (Å²) in [4.78, 5) is 37.3. The summed E-state index contributed by atoms with van der Waals surface area (Å²) in [5.41, 5.74) is 1.05. The van der Waals surface area contributed by atoms with Gasteiger partial charge in [0.1, 0.15) is 5.82 Å². The number of unbranched alkanes of at least 4 members (excludes halogenated alkanes) is 1. The van der Waals surface area contributed by atoms with Crippen molar-refractivity contribution in [2.45, 2.75) is 38.5 Å². The van der Waals surface area contributed by atoms with Crippen LogP contribution in [0.5, 0.6) is 0 Å². The Balaban J connectivity index is 0.967. The van der Waals surface area contributed by atoms with E-state index in [0.717, 1.165) is 82.6 Å². The molecule has 2 bridgehead atoms. The van der Waals surface area contributed by atoms with E-state index >= 15 is 0 Å². The van der Waals surface area contributed by atoms with Gasteiger partial charge in [0.25, 0.3) is 0 Å². The molecule has 1 aromatic carbocycles. The number of carbonyl (C=O) groups is 2. The molecule has 7 rings (SSSR count). The quantitative estimate of drug-likeness (QED) is 0.502. The van der Waals surface area contributed by atoms with E-state index in [9.17, 15) is 9.59 Å². The van der Waals surface area contributed by atoms with Crippen molar-refractivity contribution in [1.29, 1.82) is 0 Å². The van der Waals surface area contributed by atoms with Crippen LogP contribution in [-0.2, 0) is 9.59 Å². The maximum Gasteiger partial charge on any atom is 0.233 e. The van der Waals surface area contributed by atoms with Crippen LogP contribution in [0, 0.1) is 23.7 Å². The number of aromatic nitrogens is 1. The fraction of sp³-hybridized carbons (Fsp3) is 0.593. The van der Waals surface area contributed by atoms with Crippen molar-refractivity contribution in [2.75, 3.05) is 44.2 Å². The number of nitrogens with zero attached hydrogens (tertiary/aromatic N) is 4. The van der Waals surface area contributed by atoms with Gasteiger partial charge in [-0.25, -0.2) is 4.98 Å². The standard InChI is InChI=1S/C27H34N4O2/c32-26-24-20-7-8-21(10-9-20)25(24)27(33)31(26)14-4-3-13-29-15-17-30(18-16-29)23-12-11-19-5-1-2-6-22(19)28-23/h1-2,5-6,11-12,20-21,24-25H,3-4,7-10,13-18H2/t20?,21?,24-,25+. The SMILES string of the molecule is O=C1[C@@H]2C3CCC(CC3)[C@@H]2C(=O)N1CCCCN1CCN(c2ccc3ccccc3n2)CC1. The number of fused-ring (bicyclic) bond motifs is 3. The first-order chi connectivity index (χ1) is 16.2. The average molecular weight is 447 g/mol. The highest BCUT2D eigenvalue weighted by molar-refractivity contribution is 6.05. The third-order valence-corrected chi connectivity index (χ3v) is 8.71. The Labute approximate surface area is 195 Å². The monoisotopic (exact) mass is 446 g/mol. The Hall–Kier alpha value is -2.47. The zero-order valence-electron chi connectivity index (χ0n) is 19.4. The second-order valence-electron chi connectivity index (χ2n) is 10.5. The molecule has 5 aliphatic rings. The van der Waals surface area contributed by atoms with Crippen molar-refractivity contribution < 1.29 is 9.59 Å². The molecule has 6 nitrogen and oxygen atoms in total. The lowest BCUT2D eigenvalue weighted by Gasteiger charge is -2.42. The molecule has 2 aromatic rings. The molecule has 5 fully saturated rings. The minimum Gasteiger partial charge on any atom is -0.354 e. The molecule has 3 saturated carbocycles. The van der Waals surface area contributed by atoms with Gasteiger partial charge in [0.2, 0.25) is 11.8 Å². The van der Waals surface area contributed by atoms with Gasteiger partial charge >= 0.3 is 0 Å². The highest BCUT2D eigenvalue weighted by Crippen LogP contribution is 2.52. The molecule has 2 atom stereocenters. The molecule has 33 heavy (non-hydrogen) atoms. The molecule has 6 heteroatoms. The molecule has 0 radical (unpaired) electrons. The number of hydrogen-bond donors (Lipinski definition) is 0. The number of piperazine rings is 1. The third-order valence-electron chi connectivity index (χ3n) is 8.71. The molecular formula is C27H34N4O2. The predicted octanol–water partition coefficient (Wildman–Crippen LogP) is 3.56. The van der Waals surface area contributed by atoms with Crippen molar-refractivity contribution in [3.8, 4) is 0 Å². The number of pyridine rings is 1. The van der Waals surface area contributed by atoms with Gasteiger partial charge in [-0.1, -0.05) is 18.2 Å². The van der Waals surface area contributed by atoms with E-state index in [4.69, 9.17) is 4.98 Å². The first kappa shape index (κ1) is 21.1. The van der Waals surface area contributed by atoms with Gasteiger partial charge in [-0.05, 0) is 75.1 Å². The Morgan fingerprint density at radius 1 is 0.758 bits per heavy atom. The number of likely N-dealkylation sites (tertiary alicyclic amines) is 1. The normalized spacial score (nSPS) is 29.8. The van der Waals surface area contributed by atoms with Gasteiger partial charge in [-0.2, -0.15) is 0 Å². The molecule has 0 spiro atoms. The first-order valence-electron chi connectivity index (χ1n) is 12.9. The van der Waals surface area contributed by atoms with Gasteiger partial charge in [-0.3, -0.25) is 19.4 Å². The smallest absolute Gasteiger partial charge is 0.233 e. The molecule has 3 heterocycles. The maximum atomic E-state index is 13.0. The fourth-order valence-electron chi connectivity index (χ4n) is 6.89. The summed E-state index contributed by atoms with van der Waals surface area (Å²) in [6.07, 6.45) is 6.56. The van der Waals surface area contributed by atoms with Crippen LogP contribution in [0.15, 0.2) is 36.4 Å². The van der Waals surface area contributed by atoms with Gasteiger partial charge in [0.15, 0.2) is 0 Å². The summed E-state index contributed by atoms with van der Waals surface area (Å²) in [6, 6.07) is 12.6. The third kappa shape index (κ3) is 3.82. The van der Waals surface area contributed by atoms with Crippen molar-refractivity contribution in [3.63, 3.8) is 0 Å². The van der Waals surface area contributed by atoms with Crippen LogP contribution in [0.4, 0.5) is 5.82 Å². The van der Waals surface area contributed by atoms with Gasteiger partial charge in [-0.15, -0.1) is 0 Å². The molecule has 2 aliphatic heterocycles. The maximum absolute atomic E-state index is 13.0. The van der Waals surface area contributed by atoms with Gasteiger partial charge < -0.3 is 4.90 Å². The van der Waals surface area contributed by atoms with Crippen molar-refractivity contribution in [3.05, 3.63) is 36.4 Å². The fourth-order valence-corrected chi connectivity index (χ4v) is 6.89. The number of carbonyl (C=O) groups excluding carboxylic acids is 2. The largest absolute Gasteiger partial charge is 0.354 e. The minimum absolute atomic E-state index is 0.0155. The summed E-state index contributed by atoms with van der Waals surface area (Å²) in [5.74, 6) is 2.33. The number of imide groups is 1. The predicted molar refractivity (Wildman–Crippen MR) is 129 cm³/mol. The van der Waals surface area contributed by atoms with Crippen LogP contribution in [0.2, 0.25) is 0 Å². The molecular weight excluding hydrogens is 412 g/mol. The van der Waals surface area contributed by atoms with Crippen LogP contribution >= 0.6 is 0 Å². The summed E-state index contributed by atoms with van der Waals surface area (Å²) < 4.78 is 0. The summed E-state index contributed by atoms with van der Waals surface area (Å²) in [6.45, 7) is 5.69. The number of amides is 2. The van der Waals surface area contributed by atoms with Gasteiger partial charge in [0.05, 0.1) is 17.4 Å². The van der Waals surface area contributed by atoms with Crippen molar-refractivity contribution >= 4 is 28.5 Å². The van der Waals surface area contributed by atoms with Crippen LogP contribution < -0.4 is 4.90 Å². The zero-order chi connectivity index (χ0) is 22.4. The van der Waals surface area contributed by atoms with Crippen LogP contribution in [0.1, 0.15) is 38.5 Å². The van der Waals surface area contributed by atoms with E-state index < -0.39 is 0 Å². The number of anilines is 1. The zero-order valence-corrected chi connectivity index (χ0v) is 19.4. The second kappa shape index (κ2) is 8.71. The topological polar surface area (TPSA) is 56.8 Å². The van der Waals surface area contributed by atoms with E-state index in [-0.39, 0.29) is 23.7 Å². The number of hydrogen-bond acceptors (Lipinski definition) is 5. The van der Waals surface area contributed by atoms with E-state index in [1.54, 1.807) is 4.90 Å². The lowest BCUT2D eigenvalue weighted by molar-refractivity contribution is -0.140. The minimum atomic E-state index is 0.0155. The van der Waals surface area contributed by atoms with E-state index in [1.165, 1.54) is 5.39 Å². The van der Waals surface area contributed by atoms with Crippen LogP contribution in [0.3, 0.4) is 0 Å². The Kier molecular flexibility index (Phi) is 5.57. The molecule has 2 saturated heterocycles. The lowest BCUT2D eigenvalue weighted by Crippen LogP contribution is -2.47. The van der Waals surface area contributed by atoms with Crippen LogP contribution in [-0.4, -0.2) is 65.9 Å². The van der Waals surface area contributed by atoms with E-state index in [2.05, 4.69) is 40.1 Å². The Bertz CT molecular complexity index is 1010. The first-order valence-corrected chi connectivity index (χ1v) is 12.9. The molecule has 3 aliphatic carbocycles. The molecule has 174 valence electrons. The number of rotatable bonds is 6. The van der Waals surface area contributed by atoms with Crippen molar-refractivity contribution in [1.82, 2.24) is 14.8 Å². The molecule has 0 N–H and O–H groups in total. The summed E-state index contributed by atoms with van der Waals surface area (Å²) >= 11 is 0.